The van der Waals surface area contributed by atoms with Crippen LogP contribution < -0.4 is 0 Å². The molecule has 2 aromatic heterocycles. The number of aldehydes is 1. The van der Waals surface area contributed by atoms with Crippen molar-refractivity contribution < 1.29 is 4.79 Å². The van der Waals surface area contributed by atoms with E-state index in [2.05, 4.69) is 34.7 Å². The van der Waals surface area contributed by atoms with Crippen molar-refractivity contribution in [3.63, 3.8) is 0 Å². The molecule has 5 heteroatoms. The lowest BCUT2D eigenvalue weighted by atomic mass is 9.90. The molecule has 4 rings (SSSR count). The van der Waals surface area contributed by atoms with Gasteiger partial charge in [0, 0.05) is 16.8 Å². The van der Waals surface area contributed by atoms with Gasteiger partial charge < -0.3 is 4.57 Å². The Morgan fingerprint density at radius 1 is 1.24 bits per heavy atom. The molecular weight excluding hydrogens is 282 g/mol. The molecule has 0 bridgehead atoms. The lowest BCUT2D eigenvalue weighted by molar-refractivity contribution is 0.112. The lowest BCUT2D eigenvalue weighted by Crippen LogP contribution is -2.23. The van der Waals surface area contributed by atoms with Crippen molar-refractivity contribution in [3.8, 4) is 0 Å². The summed E-state index contributed by atoms with van der Waals surface area (Å²) in [5.41, 5.74) is -0.200. The molecule has 0 atom stereocenters. The lowest BCUT2D eigenvalue weighted by Gasteiger charge is -2.24. The minimum absolute atomic E-state index is 0.200. The molecule has 21 heavy (non-hydrogen) atoms. The van der Waals surface area contributed by atoms with Crippen LogP contribution in [0.1, 0.15) is 77.7 Å². The van der Waals surface area contributed by atoms with Crippen molar-refractivity contribution in [2.75, 3.05) is 0 Å². The normalized spacial score (nSPS) is 19.0. The van der Waals surface area contributed by atoms with Crippen molar-refractivity contribution in [1.29, 1.82) is 0 Å². The van der Waals surface area contributed by atoms with Gasteiger partial charge in [0.2, 0.25) is 0 Å². The predicted molar refractivity (Wildman–Crippen MR) is 82.1 cm³/mol. The Labute approximate surface area is 128 Å². The highest BCUT2D eigenvalue weighted by atomic mass is 32.1. The molecule has 0 N–H and O–H groups in total. The highest BCUT2D eigenvalue weighted by Gasteiger charge is 2.40. The van der Waals surface area contributed by atoms with E-state index in [0.29, 0.717) is 12.0 Å². The zero-order valence-corrected chi connectivity index (χ0v) is 13.2. The van der Waals surface area contributed by atoms with E-state index in [0.717, 1.165) is 17.0 Å². The Kier molecular flexibility index (Phi) is 2.83. The van der Waals surface area contributed by atoms with Crippen LogP contribution in [-0.2, 0) is 5.41 Å². The smallest absolute Gasteiger partial charge is 0.160 e. The van der Waals surface area contributed by atoms with Gasteiger partial charge >= 0.3 is 0 Å². The van der Waals surface area contributed by atoms with Crippen molar-refractivity contribution in [2.45, 2.75) is 56.9 Å². The minimum Gasteiger partial charge on any atom is -0.311 e. The third-order valence-corrected chi connectivity index (χ3v) is 5.83. The van der Waals surface area contributed by atoms with E-state index in [-0.39, 0.29) is 5.41 Å². The van der Waals surface area contributed by atoms with Gasteiger partial charge in [0.1, 0.15) is 11.6 Å². The third kappa shape index (κ3) is 2.14. The van der Waals surface area contributed by atoms with E-state index < -0.39 is 0 Å². The van der Waals surface area contributed by atoms with Gasteiger partial charge in [-0.2, -0.15) is 0 Å². The highest BCUT2D eigenvalue weighted by molar-refractivity contribution is 7.13. The molecule has 0 aromatic carbocycles. The number of hydrogen-bond acceptors (Lipinski definition) is 4. The first-order chi connectivity index (χ1) is 10.1. The monoisotopic (exact) mass is 301 g/mol. The molecule has 2 aliphatic carbocycles. The highest BCUT2D eigenvalue weighted by Crippen LogP contribution is 2.47. The second-order valence-corrected chi connectivity index (χ2v) is 7.82. The van der Waals surface area contributed by atoms with Crippen molar-refractivity contribution in [1.82, 2.24) is 14.8 Å². The number of aromatic nitrogens is 3. The molecule has 2 aliphatic rings. The number of rotatable bonds is 5. The van der Waals surface area contributed by atoms with Gasteiger partial charge in [-0.25, -0.2) is 0 Å². The molecule has 2 saturated carbocycles. The summed E-state index contributed by atoms with van der Waals surface area (Å²) >= 11 is 1.56. The van der Waals surface area contributed by atoms with E-state index in [4.69, 9.17) is 0 Å². The first-order valence-electron chi connectivity index (χ1n) is 7.62. The number of hydrogen-bond donors (Lipinski definition) is 0. The predicted octanol–water partition coefficient (Wildman–Crippen LogP) is 3.69. The Morgan fingerprint density at radius 2 is 2.00 bits per heavy atom. The maximum Gasteiger partial charge on any atom is 0.160 e. The van der Waals surface area contributed by atoms with Crippen LogP contribution in [0.15, 0.2) is 12.1 Å². The van der Waals surface area contributed by atoms with Crippen LogP contribution in [0.2, 0.25) is 0 Å². The van der Waals surface area contributed by atoms with Crippen LogP contribution >= 0.6 is 11.3 Å². The van der Waals surface area contributed by atoms with Gasteiger partial charge in [0.15, 0.2) is 6.29 Å². The molecular formula is C16H19N3OS. The fourth-order valence-corrected chi connectivity index (χ4v) is 3.83. The quantitative estimate of drug-likeness (QED) is 0.791. The van der Waals surface area contributed by atoms with Gasteiger partial charge in [0.05, 0.1) is 10.3 Å². The maximum absolute atomic E-state index is 10.9. The second-order valence-electron chi connectivity index (χ2n) is 6.70. The minimum atomic E-state index is -0.200. The van der Waals surface area contributed by atoms with Gasteiger partial charge in [-0.3, -0.25) is 4.79 Å². The van der Waals surface area contributed by atoms with Crippen LogP contribution in [0.5, 0.6) is 0 Å². The number of thiophene rings is 1. The van der Waals surface area contributed by atoms with E-state index in [1.807, 2.05) is 6.07 Å². The Bertz CT molecular complexity index is 692. The summed E-state index contributed by atoms with van der Waals surface area (Å²) in [6.45, 7) is 4.37. The molecule has 0 amide bonds. The van der Waals surface area contributed by atoms with Crippen LogP contribution in [0.3, 0.4) is 0 Å². The molecule has 110 valence electrons. The molecule has 2 aromatic rings. The molecule has 4 nitrogen and oxygen atoms in total. The average Bonchev–Trinajstić information content (AvgIpc) is 3.40. The topological polar surface area (TPSA) is 47.8 Å². The molecule has 0 aliphatic heterocycles. The number of carbonyl (C=O) groups excluding carboxylic acids is 1. The summed E-state index contributed by atoms with van der Waals surface area (Å²) in [7, 11) is 0. The first kappa shape index (κ1) is 13.2. The maximum atomic E-state index is 10.9. The van der Waals surface area contributed by atoms with Crippen LogP contribution in [-0.4, -0.2) is 21.1 Å². The van der Waals surface area contributed by atoms with Crippen LogP contribution in [0.25, 0.3) is 0 Å². The SMILES string of the molecule is CC(C)(c1ccc(C=O)s1)c1nnc(C2CC2)n1C1CC1. The van der Waals surface area contributed by atoms with Gasteiger partial charge in [-0.15, -0.1) is 21.5 Å². The van der Waals surface area contributed by atoms with Crippen molar-refractivity contribution >= 4 is 17.6 Å². The fourth-order valence-electron chi connectivity index (χ4n) is 2.90. The van der Waals surface area contributed by atoms with Crippen molar-refractivity contribution in [3.05, 3.63) is 33.5 Å². The number of carbonyl (C=O) groups is 1. The average molecular weight is 301 g/mol. The number of nitrogens with zero attached hydrogens (tertiary/aromatic N) is 3. The van der Waals surface area contributed by atoms with E-state index in [1.165, 1.54) is 36.4 Å². The van der Waals surface area contributed by atoms with Gasteiger partial charge in [-0.05, 0) is 51.7 Å². The fraction of sp³-hybridized carbons (Fsp3) is 0.562. The molecule has 0 unspecified atom stereocenters. The van der Waals surface area contributed by atoms with Crippen LogP contribution in [0.4, 0.5) is 0 Å². The van der Waals surface area contributed by atoms with Crippen molar-refractivity contribution in [2.24, 2.45) is 0 Å². The summed E-state index contributed by atoms with van der Waals surface area (Å²) in [4.78, 5) is 12.9. The Balaban J connectivity index is 1.79. The van der Waals surface area contributed by atoms with Gasteiger partial charge in [0.25, 0.3) is 0 Å². The van der Waals surface area contributed by atoms with Crippen LogP contribution in [0, 0.1) is 0 Å². The van der Waals surface area contributed by atoms with E-state index in [9.17, 15) is 4.79 Å². The third-order valence-electron chi connectivity index (χ3n) is 4.49. The molecule has 0 saturated heterocycles. The Morgan fingerprint density at radius 3 is 2.57 bits per heavy atom. The molecule has 0 radical (unpaired) electrons. The standard InChI is InChI=1S/C16H19N3OS/c1-16(2,13-8-7-12(9-20)21-13)15-18-17-14(10-3-4-10)19(15)11-5-6-11/h7-11H,3-6H2,1-2H3. The zero-order valence-electron chi connectivity index (χ0n) is 12.4. The first-order valence-corrected chi connectivity index (χ1v) is 8.43. The van der Waals surface area contributed by atoms with Gasteiger partial charge in [-0.1, -0.05) is 0 Å². The summed E-state index contributed by atoms with van der Waals surface area (Å²) < 4.78 is 2.40. The van der Waals surface area contributed by atoms with E-state index in [1.54, 1.807) is 11.3 Å². The molecule has 2 fully saturated rings. The summed E-state index contributed by atoms with van der Waals surface area (Å²) in [5.74, 6) is 2.87. The Hall–Kier alpha value is -1.49. The summed E-state index contributed by atoms with van der Waals surface area (Å²) in [6, 6.07) is 4.54. The molecule has 0 spiro atoms. The largest absolute Gasteiger partial charge is 0.311 e. The second kappa shape index (κ2) is 4.50. The van der Waals surface area contributed by atoms with E-state index >= 15 is 0 Å². The molecule has 2 heterocycles. The summed E-state index contributed by atoms with van der Waals surface area (Å²) in [5, 5.41) is 9.06. The zero-order chi connectivity index (χ0) is 14.6. The summed E-state index contributed by atoms with van der Waals surface area (Å²) in [6.07, 6.45) is 5.90.